The van der Waals surface area contributed by atoms with Gasteiger partial charge in [0.15, 0.2) is 22.9 Å². The lowest BCUT2D eigenvalue weighted by Gasteiger charge is -2.46. The van der Waals surface area contributed by atoms with Crippen LogP contribution < -0.4 is 21.3 Å². The van der Waals surface area contributed by atoms with Crippen molar-refractivity contribution in [3.05, 3.63) is 28.5 Å². The smallest absolute Gasteiger partial charge is 0.411 e. The van der Waals surface area contributed by atoms with E-state index in [0.29, 0.717) is 11.3 Å². The van der Waals surface area contributed by atoms with Crippen LogP contribution in [0.15, 0.2) is 17.4 Å². The molecular formula is C27H38N4O9. The van der Waals surface area contributed by atoms with Gasteiger partial charge in [0, 0.05) is 37.3 Å². The van der Waals surface area contributed by atoms with Gasteiger partial charge in [0.25, 0.3) is 0 Å². The maximum absolute atomic E-state index is 13.9. The lowest BCUT2D eigenvalue weighted by molar-refractivity contribution is -0.148. The monoisotopic (exact) mass is 562 g/mol. The minimum Gasteiger partial charge on any atom is -0.508 e. The zero-order chi connectivity index (χ0) is 30.1. The number of nitrogens with one attached hydrogen (secondary N) is 2. The molecule has 1 aromatic carbocycles. The number of benzene rings is 1. The fourth-order valence-corrected chi connectivity index (χ4v) is 5.57. The molecule has 0 saturated heterocycles. The molecule has 0 fully saturated rings. The highest BCUT2D eigenvalue weighted by atomic mass is 16.5. The SMILES string of the molecule is CN[C@H](CO)[C@@H]1C[C@@H]2Cc3c(N(C)C)cc(NC(=O)OCC(C)C)c(O)c3C(=O)C2=C(O)[C@]1(O)C(=O)CC(N)=O. The number of fused-ring (bicyclic) bond motifs is 2. The van der Waals surface area contributed by atoms with Crippen molar-refractivity contribution in [1.29, 1.82) is 0 Å². The van der Waals surface area contributed by atoms with E-state index in [9.17, 15) is 39.6 Å². The lowest BCUT2D eigenvalue weighted by atomic mass is 9.61. The van der Waals surface area contributed by atoms with Gasteiger partial charge in [0.2, 0.25) is 5.91 Å². The van der Waals surface area contributed by atoms with Crippen LogP contribution in [0.4, 0.5) is 16.2 Å². The van der Waals surface area contributed by atoms with Gasteiger partial charge in [-0.1, -0.05) is 13.8 Å². The molecule has 0 unspecified atom stereocenters. The minimum absolute atomic E-state index is 0.0210. The summed E-state index contributed by atoms with van der Waals surface area (Å²) in [7, 11) is 4.93. The van der Waals surface area contributed by atoms with Gasteiger partial charge in [-0.3, -0.25) is 19.7 Å². The number of aromatic hydroxyl groups is 1. The molecule has 0 radical (unpaired) electrons. The molecule has 0 aromatic heterocycles. The molecule has 2 amide bonds. The van der Waals surface area contributed by atoms with Crippen molar-refractivity contribution >= 4 is 34.9 Å². The predicted molar refractivity (Wildman–Crippen MR) is 145 cm³/mol. The van der Waals surface area contributed by atoms with E-state index in [0.717, 1.165) is 0 Å². The molecule has 3 rings (SSSR count). The normalized spacial score (nSPS) is 22.9. The Morgan fingerprint density at radius 2 is 1.90 bits per heavy atom. The maximum atomic E-state index is 13.9. The fourth-order valence-electron chi connectivity index (χ4n) is 5.57. The number of rotatable bonds is 10. The predicted octanol–water partition coefficient (Wildman–Crippen LogP) is 0.606. The Morgan fingerprint density at radius 3 is 2.42 bits per heavy atom. The summed E-state index contributed by atoms with van der Waals surface area (Å²) in [5.41, 5.74) is 2.82. The van der Waals surface area contributed by atoms with E-state index in [2.05, 4.69) is 10.6 Å². The molecule has 0 saturated carbocycles. The standard InChI is InChI=1S/C27H38N4O9/c1-12(2)11-40-26(38)30-16-8-18(31(4)5)14-6-13-7-15(17(10-32)29-3)27(39,19(33)9-20(28)34)25(37)21(13)24(36)22(14)23(16)35/h8,12-13,15,17,29,32,35,37,39H,6-7,9-11H2,1-5H3,(H2,28,34)(H,30,38)/t13-,15-,17+,27+/m0/s1. The third-order valence-corrected chi connectivity index (χ3v) is 7.48. The molecular weight excluding hydrogens is 524 g/mol. The van der Waals surface area contributed by atoms with Crippen LogP contribution in [0.2, 0.25) is 0 Å². The van der Waals surface area contributed by atoms with Crippen molar-refractivity contribution in [1.82, 2.24) is 5.32 Å². The highest BCUT2D eigenvalue weighted by molar-refractivity contribution is 6.16. The number of primary amides is 1. The number of hydrogen-bond donors (Lipinski definition) is 7. The molecule has 2 aliphatic carbocycles. The third-order valence-electron chi connectivity index (χ3n) is 7.48. The number of aliphatic hydroxyl groups excluding tert-OH is 2. The van der Waals surface area contributed by atoms with Gasteiger partial charge in [-0.15, -0.1) is 0 Å². The number of ketones is 2. The lowest BCUT2D eigenvalue weighted by Crippen LogP contribution is -2.60. The highest BCUT2D eigenvalue weighted by Gasteiger charge is 2.57. The first-order chi connectivity index (χ1) is 18.7. The molecule has 2 aliphatic rings. The quantitative estimate of drug-likeness (QED) is 0.155. The Balaban J connectivity index is 2.21. The molecule has 8 N–H and O–H groups in total. The second-order valence-corrected chi connectivity index (χ2v) is 10.9. The van der Waals surface area contributed by atoms with Gasteiger partial charge in [-0.05, 0) is 43.4 Å². The van der Waals surface area contributed by atoms with Crippen LogP contribution in [0.5, 0.6) is 5.75 Å². The molecule has 4 atom stereocenters. The number of Topliss-reactive ketones (excluding diaryl/α,β-unsaturated/α-hetero) is 2. The van der Waals surface area contributed by atoms with Gasteiger partial charge in [0.05, 0.1) is 30.9 Å². The van der Waals surface area contributed by atoms with E-state index in [1.807, 2.05) is 13.8 Å². The van der Waals surface area contributed by atoms with Crippen LogP contribution in [-0.2, 0) is 20.7 Å². The molecule has 13 nitrogen and oxygen atoms in total. The number of ether oxygens (including phenoxy) is 1. The van der Waals surface area contributed by atoms with E-state index < -0.39 is 71.6 Å². The minimum atomic E-state index is -2.71. The zero-order valence-corrected chi connectivity index (χ0v) is 23.3. The average Bonchev–Trinajstić information content (AvgIpc) is 2.87. The zero-order valence-electron chi connectivity index (χ0n) is 23.3. The fraction of sp³-hybridized carbons (Fsp3) is 0.556. The van der Waals surface area contributed by atoms with E-state index >= 15 is 0 Å². The van der Waals surface area contributed by atoms with Gasteiger partial charge >= 0.3 is 6.09 Å². The van der Waals surface area contributed by atoms with E-state index in [-0.39, 0.29) is 42.2 Å². The Kier molecular flexibility index (Phi) is 9.12. The third kappa shape index (κ3) is 5.49. The molecule has 0 bridgehead atoms. The Bertz CT molecular complexity index is 1240. The number of carbonyl (C=O) groups excluding carboxylic acids is 4. The van der Waals surface area contributed by atoms with Crippen molar-refractivity contribution < 1.29 is 44.3 Å². The Morgan fingerprint density at radius 1 is 1.25 bits per heavy atom. The maximum Gasteiger partial charge on any atom is 0.411 e. The van der Waals surface area contributed by atoms with E-state index in [4.69, 9.17) is 10.5 Å². The van der Waals surface area contributed by atoms with Crippen molar-refractivity contribution in [3.8, 4) is 5.75 Å². The summed E-state index contributed by atoms with van der Waals surface area (Å²) in [6, 6.07) is 0.622. The van der Waals surface area contributed by atoms with Crippen LogP contribution in [0.3, 0.4) is 0 Å². The first-order valence-electron chi connectivity index (χ1n) is 13.0. The average molecular weight is 563 g/mol. The van der Waals surface area contributed by atoms with Crippen molar-refractivity contribution in [3.63, 3.8) is 0 Å². The van der Waals surface area contributed by atoms with Gasteiger partial charge in [-0.2, -0.15) is 0 Å². The van der Waals surface area contributed by atoms with Gasteiger partial charge in [-0.25, -0.2) is 4.79 Å². The molecule has 13 heteroatoms. The first kappa shape index (κ1) is 30.9. The summed E-state index contributed by atoms with van der Waals surface area (Å²) in [4.78, 5) is 52.7. The number of nitrogens with two attached hydrogens (primary N) is 1. The number of phenols is 1. The molecule has 0 heterocycles. The summed E-state index contributed by atoms with van der Waals surface area (Å²) >= 11 is 0. The summed E-state index contributed by atoms with van der Waals surface area (Å²) in [6.07, 6.45) is -1.65. The summed E-state index contributed by atoms with van der Waals surface area (Å²) in [5.74, 6) is -6.30. The number of allylic oxidation sites excluding steroid dienone is 1. The van der Waals surface area contributed by atoms with Crippen LogP contribution in [0.25, 0.3) is 0 Å². The van der Waals surface area contributed by atoms with Crippen molar-refractivity contribution in [2.75, 3.05) is 44.6 Å². The second-order valence-electron chi connectivity index (χ2n) is 10.9. The number of carbonyl (C=O) groups is 4. The van der Waals surface area contributed by atoms with Gasteiger partial charge in [0.1, 0.15) is 5.76 Å². The number of anilines is 2. The van der Waals surface area contributed by atoms with Crippen LogP contribution >= 0.6 is 0 Å². The molecule has 0 aliphatic heterocycles. The Labute approximate surface area is 232 Å². The van der Waals surface area contributed by atoms with Crippen LogP contribution in [-0.4, -0.2) is 90.0 Å². The first-order valence-corrected chi connectivity index (χ1v) is 13.0. The highest BCUT2D eigenvalue weighted by Crippen LogP contribution is 2.51. The van der Waals surface area contributed by atoms with Crippen molar-refractivity contribution in [2.45, 2.75) is 44.8 Å². The number of likely N-dealkylation sites (N-methyl/N-ethyl adjacent to an activating group) is 1. The summed E-state index contributed by atoms with van der Waals surface area (Å²) < 4.78 is 5.13. The molecule has 0 spiro atoms. The summed E-state index contributed by atoms with van der Waals surface area (Å²) in [5, 5.41) is 49.4. The van der Waals surface area contributed by atoms with Crippen LogP contribution in [0.1, 0.15) is 42.6 Å². The molecule has 1 aromatic rings. The van der Waals surface area contributed by atoms with Gasteiger partial charge < -0.3 is 41.1 Å². The number of nitrogens with zero attached hydrogens (tertiary/aromatic N) is 1. The van der Waals surface area contributed by atoms with E-state index in [1.54, 1.807) is 19.0 Å². The molecule has 220 valence electrons. The number of amides is 2. The summed E-state index contributed by atoms with van der Waals surface area (Å²) in [6.45, 7) is 3.32. The Hall–Kier alpha value is -3.68. The number of aliphatic hydroxyl groups is 3. The van der Waals surface area contributed by atoms with Crippen LogP contribution in [0, 0.1) is 17.8 Å². The van der Waals surface area contributed by atoms with E-state index in [1.165, 1.54) is 13.1 Å². The number of phenolic OH excluding ortho intramolecular Hbond substituents is 1. The second kappa shape index (κ2) is 11.8. The number of hydrogen-bond acceptors (Lipinski definition) is 11. The topological polar surface area (TPSA) is 212 Å². The van der Waals surface area contributed by atoms with Crippen molar-refractivity contribution in [2.24, 2.45) is 23.5 Å². The molecule has 40 heavy (non-hydrogen) atoms. The largest absolute Gasteiger partial charge is 0.508 e.